The molecule has 1 aromatic heterocycles. The molecule has 128 valence electrons. The van der Waals surface area contributed by atoms with Crippen molar-refractivity contribution in [1.29, 1.82) is 0 Å². The average Bonchev–Trinajstić information content (AvgIpc) is 3.13. The van der Waals surface area contributed by atoms with Crippen molar-refractivity contribution >= 4 is 44.4 Å². The fourth-order valence-electron chi connectivity index (χ4n) is 3.41. The van der Waals surface area contributed by atoms with E-state index < -0.39 is 0 Å². The van der Waals surface area contributed by atoms with Gasteiger partial charge in [-0.05, 0) is 25.0 Å². The van der Waals surface area contributed by atoms with Crippen molar-refractivity contribution in [3.8, 4) is 0 Å². The molecule has 0 unspecified atom stereocenters. The van der Waals surface area contributed by atoms with E-state index in [-0.39, 0.29) is 42.5 Å². The third-order valence-corrected chi connectivity index (χ3v) is 5.65. The van der Waals surface area contributed by atoms with Crippen molar-refractivity contribution in [2.45, 2.75) is 19.3 Å². The predicted molar refractivity (Wildman–Crippen MR) is 94.9 cm³/mol. The van der Waals surface area contributed by atoms with Crippen molar-refractivity contribution < 1.29 is 14.4 Å². The third kappa shape index (κ3) is 2.95. The van der Waals surface area contributed by atoms with E-state index in [2.05, 4.69) is 10.3 Å². The van der Waals surface area contributed by atoms with Crippen LogP contribution >= 0.6 is 11.3 Å². The molecule has 1 fully saturated rings. The van der Waals surface area contributed by atoms with Crippen LogP contribution in [-0.2, 0) is 14.4 Å². The molecule has 1 saturated heterocycles. The number of allylic oxidation sites excluding steroid dienone is 2. The number of fused-ring (bicyclic) bond motifs is 2. The number of likely N-dealkylation sites (tertiary alicyclic amines) is 1. The van der Waals surface area contributed by atoms with Crippen LogP contribution in [-0.4, -0.2) is 34.2 Å². The summed E-state index contributed by atoms with van der Waals surface area (Å²) in [6, 6.07) is 7.65. The smallest absolute Gasteiger partial charge is 0.233 e. The Hall–Kier alpha value is -2.54. The molecule has 0 radical (unpaired) electrons. The van der Waals surface area contributed by atoms with Crippen molar-refractivity contribution in [2.75, 3.05) is 11.9 Å². The monoisotopic (exact) mass is 355 g/mol. The summed E-state index contributed by atoms with van der Waals surface area (Å²) >= 11 is 1.40. The topological polar surface area (TPSA) is 79.4 Å². The molecule has 0 bridgehead atoms. The maximum Gasteiger partial charge on any atom is 0.233 e. The van der Waals surface area contributed by atoms with Gasteiger partial charge in [-0.2, -0.15) is 0 Å². The number of para-hydroxylation sites is 1. The maximum atomic E-state index is 12.4. The highest BCUT2D eigenvalue weighted by Gasteiger charge is 2.46. The number of nitrogens with one attached hydrogen (secondary N) is 1. The molecule has 2 atom stereocenters. The van der Waals surface area contributed by atoms with Crippen LogP contribution < -0.4 is 5.32 Å². The number of amides is 3. The van der Waals surface area contributed by atoms with Gasteiger partial charge in [0.05, 0.1) is 22.1 Å². The number of thiazole rings is 1. The summed E-state index contributed by atoms with van der Waals surface area (Å²) in [5.41, 5.74) is 0.837. The largest absolute Gasteiger partial charge is 0.302 e. The second-order valence-corrected chi connectivity index (χ2v) is 7.30. The van der Waals surface area contributed by atoms with Crippen LogP contribution in [0.25, 0.3) is 10.2 Å². The van der Waals surface area contributed by atoms with Gasteiger partial charge in [-0.15, -0.1) is 0 Å². The Morgan fingerprint density at radius 2 is 1.84 bits per heavy atom. The number of imide groups is 1. The Morgan fingerprint density at radius 3 is 2.52 bits per heavy atom. The summed E-state index contributed by atoms with van der Waals surface area (Å²) < 4.78 is 0.999. The van der Waals surface area contributed by atoms with E-state index in [1.54, 1.807) is 0 Å². The van der Waals surface area contributed by atoms with Crippen LogP contribution in [0.1, 0.15) is 19.3 Å². The molecule has 4 rings (SSSR count). The number of hydrogen-bond acceptors (Lipinski definition) is 5. The summed E-state index contributed by atoms with van der Waals surface area (Å²) in [7, 11) is 0. The fraction of sp³-hybridized carbons (Fsp3) is 0.333. The van der Waals surface area contributed by atoms with Crippen LogP contribution in [0.5, 0.6) is 0 Å². The van der Waals surface area contributed by atoms with Gasteiger partial charge in [-0.3, -0.25) is 19.3 Å². The third-order valence-electron chi connectivity index (χ3n) is 4.70. The van der Waals surface area contributed by atoms with Crippen LogP contribution in [0.4, 0.5) is 5.13 Å². The molecule has 1 aliphatic carbocycles. The highest BCUT2D eigenvalue weighted by Crippen LogP contribution is 2.35. The molecular weight excluding hydrogens is 338 g/mol. The maximum absolute atomic E-state index is 12.4. The second kappa shape index (κ2) is 6.40. The van der Waals surface area contributed by atoms with E-state index in [9.17, 15) is 14.4 Å². The molecule has 2 heterocycles. The van der Waals surface area contributed by atoms with Crippen molar-refractivity contribution in [1.82, 2.24) is 9.88 Å². The average molecular weight is 355 g/mol. The predicted octanol–water partition coefficient (Wildman–Crippen LogP) is 2.58. The minimum atomic E-state index is -0.246. The molecule has 0 spiro atoms. The van der Waals surface area contributed by atoms with Crippen LogP contribution in [0.2, 0.25) is 0 Å². The van der Waals surface area contributed by atoms with Crippen molar-refractivity contribution in [3.63, 3.8) is 0 Å². The quantitative estimate of drug-likeness (QED) is 0.675. The minimum absolute atomic E-state index is 0.0836. The lowest BCUT2D eigenvalue weighted by molar-refractivity contribution is -0.140. The molecule has 2 aromatic rings. The van der Waals surface area contributed by atoms with E-state index in [1.165, 1.54) is 16.2 Å². The van der Waals surface area contributed by atoms with Crippen LogP contribution in [0, 0.1) is 11.8 Å². The number of carbonyl (C=O) groups is 3. The van der Waals surface area contributed by atoms with Gasteiger partial charge in [0.2, 0.25) is 17.7 Å². The second-order valence-electron chi connectivity index (χ2n) is 6.27. The summed E-state index contributed by atoms with van der Waals surface area (Å²) in [5.74, 6) is -1.03. The van der Waals surface area contributed by atoms with E-state index in [0.29, 0.717) is 18.0 Å². The lowest BCUT2D eigenvalue weighted by Gasteiger charge is -2.14. The Kier molecular flexibility index (Phi) is 4.09. The first-order chi connectivity index (χ1) is 12.1. The normalized spacial score (nSPS) is 22.5. The van der Waals surface area contributed by atoms with Gasteiger partial charge in [0.25, 0.3) is 0 Å². The van der Waals surface area contributed by atoms with Gasteiger partial charge in [0.1, 0.15) is 0 Å². The Labute approximate surface area is 148 Å². The van der Waals surface area contributed by atoms with Gasteiger partial charge in [-0.1, -0.05) is 35.6 Å². The minimum Gasteiger partial charge on any atom is -0.302 e. The summed E-state index contributed by atoms with van der Waals surface area (Å²) in [5, 5.41) is 3.29. The molecule has 3 amide bonds. The van der Waals surface area contributed by atoms with Crippen molar-refractivity contribution in [2.24, 2.45) is 11.8 Å². The lowest BCUT2D eigenvalue weighted by Crippen LogP contribution is -2.34. The van der Waals surface area contributed by atoms with Gasteiger partial charge in [0, 0.05) is 13.0 Å². The number of hydrogen-bond donors (Lipinski definition) is 1. The molecule has 2 aliphatic rings. The molecule has 0 saturated carbocycles. The molecule has 1 aromatic carbocycles. The zero-order valence-electron chi connectivity index (χ0n) is 13.5. The number of carbonyl (C=O) groups excluding carboxylic acids is 3. The highest BCUT2D eigenvalue weighted by atomic mass is 32.1. The van der Waals surface area contributed by atoms with E-state index in [0.717, 1.165) is 10.2 Å². The standard InChI is InChI=1S/C18H17N3O3S/c22-15(20-18-19-13-7-3-4-8-14(13)25-18)9-10-21-16(23)11-5-1-2-6-12(11)17(21)24/h1-4,7-8,11-12H,5-6,9-10H2,(H,19,20,22)/t11-,12-/m1/s1. The van der Waals surface area contributed by atoms with E-state index >= 15 is 0 Å². The first kappa shape index (κ1) is 16.0. The summed E-state index contributed by atoms with van der Waals surface area (Å²) in [4.78, 5) is 42.5. The Balaban J connectivity index is 1.37. The molecule has 6 nitrogen and oxygen atoms in total. The number of aromatic nitrogens is 1. The van der Waals surface area contributed by atoms with Gasteiger partial charge < -0.3 is 5.32 Å². The zero-order chi connectivity index (χ0) is 17.4. The first-order valence-corrected chi connectivity index (χ1v) is 9.11. The molecule has 25 heavy (non-hydrogen) atoms. The lowest BCUT2D eigenvalue weighted by atomic mass is 9.85. The summed E-state index contributed by atoms with van der Waals surface area (Å²) in [6.07, 6.45) is 5.22. The van der Waals surface area contributed by atoms with E-state index in [1.807, 2.05) is 36.4 Å². The number of nitrogens with zero attached hydrogens (tertiary/aromatic N) is 2. The van der Waals surface area contributed by atoms with Crippen molar-refractivity contribution in [3.05, 3.63) is 36.4 Å². The Bertz CT molecular complexity index is 830. The van der Waals surface area contributed by atoms with Gasteiger partial charge in [-0.25, -0.2) is 4.98 Å². The molecule has 7 heteroatoms. The number of anilines is 1. The molecule has 1 aliphatic heterocycles. The number of rotatable bonds is 4. The Morgan fingerprint density at radius 1 is 1.16 bits per heavy atom. The summed E-state index contributed by atoms with van der Waals surface area (Å²) in [6.45, 7) is 0.126. The highest BCUT2D eigenvalue weighted by molar-refractivity contribution is 7.22. The molecule has 1 N–H and O–H groups in total. The van der Waals surface area contributed by atoms with Gasteiger partial charge >= 0.3 is 0 Å². The van der Waals surface area contributed by atoms with Crippen LogP contribution in [0.15, 0.2) is 36.4 Å². The zero-order valence-corrected chi connectivity index (χ0v) is 14.3. The number of benzene rings is 1. The van der Waals surface area contributed by atoms with Gasteiger partial charge in [0.15, 0.2) is 5.13 Å². The van der Waals surface area contributed by atoms with Crippen LogP contribution in [0.3, 0.4) is 0 Å². The first-order valence-electron chi connectivity index (χ1n) is 8.29. The SMILES string of the molecule is O=C(CCN1C(=O)[C@@H]2CC=CC[C@H]2C1=O)Nc1nc2ccccc2s1. The van der Waals surface area contributed by atoms with E-state index in [4.69, 9.17) is 0 Å². The molecular formula is C18H17N3O3S. The fourth-order valence-corrected chi connectivity index (χ4v) is 4.29.